The second-order valence-electron chi connectivity index (χ2n) is 10.6. The van der Waals surface area contributed by atoms with Crippen molar-refractivity contribution < 1.29 is 23.7 Å². The Morgan fingerprint density at radius 2 is 2.08 bits per heavy atom. The van der Waals surface area contributed by atoms with Gasteiger partial charge in [-0.3, -0.25) is 0 Å². The summed E-state index contributed by atoms with van der Waals surface area (Å²) in [7, 11) is 0. The lowest BCUT2D eigenvalue weighted by Crippen LogP contribution is -2.31. The second-order valence-corrected chi connectivity index (χ2v) is 11.6. The molecular formula is C26H33FN6O4S. The van der Waals surface area contributed by atoms with Crippen LogP contribution >= 0.6 is 11.8 Å². The van der Waals surface area contributed by atoms with Crippen molar-refractivity contribution in [3.05, 3.63) is 35.6 Å². The maximum Gasteiger partial charge on any atom is 0.191 e. The molecule has 3 fully saturated rings. The Morgan fingerprint density at radius 3 is 2.87 bits per heavy atom. The number of aliphatic hydroxyl groups is 1. The third-order valence-electron chi connectivity index (χ3n) is 7.25. The van der Waals surface area contributed by atoms with Crippen LogP contribution in [0, 0.1) is 5.82 Å². The van der Waals surface area contributed by atoms with Crippen molar-refractivity contribution in [3.8, 4) is 0 Å². The fourth-order valence-corrected chi connectivity index (χ4v) is 6.24. The summed E-state index contributed by atoms with van der Waals surface area (Å²) >= 11 is 1.59. The molecule has 2 aromatic heterocycles. The van der Waals surface area contributed by atoms with Crippen LogP contribution in [0.5, 0.6) is 0 Å². The molecule has 1 saturated heterocycles. The number of thioether (sulfide) groups is 1. The number of aliphatic hydroxyl groups excluding tert-OH is 1. The lowest BCUT2D eigenvalue weighted by Gasteiger charge is -2.23. The standard InChI is InChI=1S/C26H33FN6O4S/c1-4-10-38-25-29-23(28-17-12-16(17)14-6-5-7-15(27)11-14)20-24(30-25)33(32-31-20)18-13-19(35-9-8-34)22-21(18)36-26(2,3)37-22/h5-7,11,16-19,21-22,34H,4,8-10,12-13H2,1-3H3,(H,28,29,30)/t16-,17+,18+,19-,21-,22+/m0/s1. The molecule has 6 rings (SSSR count). The molecule has 1 aliphatic heterocycles. The van der Waals surface area contributed by atoms with Crippen molar-refractivity contribution in [1.29, 1.82) is 0 Å². The van der Waals surface area contributed by atoms with E-state index in [0.29, 0.717) is 28.6 Å². The molecular weight excluding hydrogens is 511 g/mol. The highest BCUT2D eigenvalue weighted by Gasteiger charge is 2.56. The van der Waals surface area contributed by atoms with Crippen molar-refractivity contribution in [2.24, 2.45) is 0 Å². The molecule has 0 amide bonds. The third kappa shape index (κ3) is 5.00. The Labute approximate surface area is 224 Å². The first-order chi connectivity index (χ1) is 18.4. The summed E-state index contributed by atoms with van der Waals surface area (Å²) < 4.78 is 34.0. The van der Waals surface area contributed by atoms with Gasteiger partial charge in [0.05, 0.1) is 25.4 Å². The minimum absolute atomic E-state index is 0.0624. The average Bonchev–Trinajstić information content (AvgIpc) is 3.23. The first-order valence-electron chi connectivity index (χ1n) is 13.2. The molecule has 204 valence electrons. The van der Waals surface area contributed by atoms with Gasteiger partial charge in [0.15, 0.2) is 27.9 Å². The van der Waals surface area contributed by atoms with Gasteiger partial charge in [-0.05, 0) is 44.4 Å². The maximum atomic E-state index is 13.8. The van der Waals surface area contributed by atoms with Crippen LogP contribution in [-0.4, -0.2) is 79.2 Å². The number of hydrogen-bond acceptors (Lipinski definition) is 10. The van der Waals surface area contributed by atoms with Crippen molar-refractivity contribution in [3.63, 3.8) is 0 Å². The van der Waals surface area contributed by atoms with Crippen LogP contribution in [-0.2, 0) is 14.2 Å². The number of halogens is 1. The van der Waals surface area contributed by atoms with E-state index in [1.807, 2.05) is 24.6 Å². The van der Waals surface area contributed by atoms with Crippen molar-refractivity contribution in [2.75, 3.05) is 24.3 Å². The van der Waals surface area contributed by atoms with Gasteiger partial charge in [0.2, 0.25) is 0 Å². The van der Waals surface area contributed by atoms with Gasteiger partial charge in [-0.15, -0.1) is 5.10 Å². The normalized spacial score (nSPS) is 29.6. The molecule has 0 radical (unpaired) electrons. The molecule has 3 aliphatic rings. The quantitative estimate of drug-likeness (QED) is 0.289. The predicted molar refractivity (Wildman–Crippen MR) is 140 cm³/mol. The highest BCUT2D eigenvalue weighted by molar-refractivity contribution is 7.99. The molecule has 0 bridgehead atoms. The minimum atomic E-state index is -0.757. The van der Waals surface area contributed by atoms with Crippen LogP contribution in [0.3, 0.4) is 0 Å². The number of benzene rings is 1. The van der Waals surface area contributed by atoms with Crippen molar-refractivity contribution in [1.82, 2.24) is 25.0 Å². The number of aromatic nitrogens is 5. The van der Waals surface area contributed by atoms with Crippen LogP contribution in [0.25, 0.3) is 11.2 Å². The monoisotopic (exact) mass is 544 g/mol. The molecule has 0 unspecified atom stereocenters. The fraction of sp³-hybridized carbons (Fsp3) is 0.615. The zero-order chi connectivity index (χ0) is 26.4. The number of nitrogens with zero attached hydrogens (tertiary/aromatic N) is 5. The van der Waals surface area contributed by atoms with Crippen LogP contribution in [0.15, 0.2) is 29.4 Å². The van der Waals surface area contributed by atoms with Gasteiger partial charge in [-0.25, -0.2) is 19.0 Å². The number of fused-ring (bicyclic) bond motifs is 2. The molecule has 3 heterocycles. The predicted octanol–water partition coefficient (Wildman–Crippen LogP) is 3.67. The van der Waals surface area contributed by atoms with Gasteiger partial charge in [0.25, 0.3) is 0 Å². The molecule has 38 heavy (non-hydrogen) atoms. The second kappa shape index (κ2) is 10.3. The summed E-state index contributed by atoms with van der Waals surface area (Å²) in [6.07, 6.45) is 1.65. The van der Waals surface area contributed by atoms with E-state index in [0.717, 1.165) is 24.2 Å². The zero-order valence-corrected chi connectivity index (χ0v) is 22.5. The van der Waals surface area contributed by atoms with Crippen LogP contribution < -0.4 is 5.32 Å². The summed E-state index contributed by atoms with van der Waals surface area (Å²) in [6, 6.07) is 6.69. The Balaban J connectivity index is 1.31. The van der Waals surface area contributed by atoms with E-state index >= 15 is 0 Å². The molecule has 10 nitrogen and oxygen atoms in total. The van der Waals surface area contributed by atoms with Gasteiger partial charge in [0.1, 0.15) is 18.0 Å². The van der Waals surface area contributed by atoms with E-state index in [-0.39, 0.29) is 55.3 Å². The lowest BCUT2D eigenvalue weighted by atomic mass is 10.1. The Bertz CT molecular complexity index is 1310. The van der Waals surface area contributed by atoms with Crippen LogP contribution in [0.4, 0.5) is 10.2 Å². The van der Waals surface area contributed by atoms with E-state index in [1.165, 1.54) is 6.07 Å². The van der Waals surface area contributed by atoms with Crippen LogP contribution in [0.1, 0.15) is 57.6 Å². The van der Waals surface area contributed by atoms with Crippen molar-refractivity contribution >= 4 is 28.7 Å². The molecule has 6 atom stereocenters. The first kappa shape index (κ1) is 25.9. The van der Waals surface area contributed by atoms with Gasteiger partial charge >= 0.3 is 0 Å². The molecule has 2 N–H and O–H groups in total. The SMILES string of the molecule is CCCSc1nc(N[C@@H]2C[C@H]2c2cccc(F)c2)c2nnn([C@@H]3C[C@H](OCCO)[C@H]4OC(C)(C)O[C@H]43)c2n1. The number of rotatable bonds is 10. The summed E-state index contributed by atoms with van der Waals surface area (Å²) in [4.78, 5) is 9.65. The van der Waals surface area contributed by atoms with E-state index in [9.17, 15) is 9.50 Å². The number of hydrogen-bond donors (Lipinski definition) is 2. The molecule has 2 aliphatic carbocycles. The smallest absolute Gasteiger partial charge is 0.191 e. The Morgan fingerprint density at radius 1 is 1.24 bits per heavy atom. The van der Waals surface area contributed by atoms with Gasteiger partial charge < -0.3 is 24.6 Å². The van der Waals surface area contributed by atoms with Crippen LogP contribution in [0.2, 0.25) is 0 Å². The molecule has 0 spiro atoms. The lowest BCUT2D eigenvalue weighted by molar-refractivity contribution is -0.171. The topological polar surface area (TPSA) is 116 Å². The molecule has 1 aromatic carbocycles. The number of nitrogens with one attached hydrogen (secondary N) is 1. The number of anilines is 1. The minimum Gasteiger partial charge on any atom is -0.394 e. The average molecular weight is 545 g/mol. The summed E-state index contributed by atoms with van der Waals surface area (Å²) in [6.45, 7) is 6.06. The van der Waals surface area contributed by atoms with E-state index < -0.39 is 5.79 Å². The first-order valence-corrected chi connectivity index (χ1v) is 14.2. The summed E-state index contributed by atoms with van der Waals surface area (Å²) in [5.41, 5.74) is 2.19. The highest BCUT2D eigenvalue weighted by Crippen LogP contribution is 2.46. The van der Waals surface area contributed by atoms with E-state index in [2.05, 4.69) is 22.6 Å². The largest absolute Gasteiger partial charge is 0.394 e. The van der Waals surface area contributed by atoms with Gasteiger partial charge in [0, 0.05) is 24.1 Å². The van der Waals surface area contributed by atoms with E-state index in [4.69, 9.17) is 24.2 Å². The third-order valence-corrected chi connectivity index (χ3v) is 8.30. The maximum absolute atomic E-state index is 13.8. The summed E-state index contributed by atoms with van der Waals surface area (Å²) in [5.74, 6) is 0.751. The fourth-order valence-electron chi connectivity index (χ4n) is 5.54. The Kier molecular flexibility index (Phi) is 7.02. The van der Waals surface area contributed by atoms with Gasteiger partial charge in [-0.1, -0.05) is 36.0 Å². The molecule has 3 aromatic rings. The van der Waals surface area contributed by atoms with Gasteiger partial charge in [-0.2, -0.15) is 0 Å². The zero-order valence-electron chi connectivity index (χ0n) is 21.7. The summed E-state index contributed by atoms with van der Waals surface area (Å²) in [5, 5.41) is 22.5. The highest BCUT2D eigenvalue weighted by atomic mass is 32.2. The Hall–Kier alpha value is -2.38. The molecule has 12 heteroatoms. The molecule has 2 saturated carbocycles. The van der Waals surface area contributed by atoms with Crippen molar-refractivity contribution in [2.45, 2.75) is 87.3 Å². The number of ether oxygens (including phenoxy) is 3. The van der Waals surface area contributed by atoms with E-state index in [1.54, 1.807) is 23.9 Å².